The molecule has 1 aromatic rings. The summed E-state index contributed by atoms with van der Waals surface area (Å²) in [6, 6.07) is 5.54. The van der Waals surface area contributed by atoms with Crippen molar-refractivity contribution in [3.8, 4) is 0 Å². The summed E-state index contributed by atoms with van der Waals surface area (Å²) in [4.78, 5) is 80.2. The van der Waals surface area contributed by atoms with Gasteiger partial charge in [0, 0.05) is 25.4 Å². The summed E-state index contributed by atoms with van der Waals surface area (Å²) < 4.78 is 0. The number of fused-ring (bicyclic) bond motifs is 1. The molecule has 0 spiro atoms. The van der Waals surface area contributed by atoms with Crippen LogP contribution in [-0.4, -0.2) is 70.9 Å². The molecule has 1 saturated heterocycles. The van der Waals surface area contributed by atoms with Crippen molar-refractivity contribution in [2.45, 2.75) is 105 Å². The Morgan fingerprint density at radius 3 is 2.15 bits per heavy atom. The highest BCUT2D eigenvalue weighted by molar-refractivity contribution is 6.37. The maximum atomic E-state index is 14.2. The molecule has 0 aromatic heterocycles. The number of urea groups is 1. The summed E-state index contributed by atoms with van der Waals surface area (Å²) in [6.45, 7) is 13.8. The fourth-order valence-corrected chi connectivity index (χ4v) is 6.91. The molecule has 1 aromatic carbocycles. The maximum absolute atomic E-state index is 14.2. The molecule has 2 saturated carbocycles. The van der Waals surface area contributed by atoms with E-state index in [1.165, 1.54) is 4.90 Å². The molecule has 5 N–H and O–H groups in total. The standard InChI is InChI=1S/C35H51N5O6/c1-19(2)24(17-22(41)15-20-11-9-8-10-12-20)38-33(46)39-29(34(3,4)5)32(45)40-18-23-26(35(23,6)7)27(40)31(44)37-25(16-21-13-14-21)28(42)30(36)43/h8-12,19,21,23-27,29H,13-18H2,1-7H3,(H2,36,43)(H,37,44)(H2,38,39,46)/t23?,24-,25?,26+,27+,29-/m1/s1. The predicted molar refractivity (Wildman–Crippen MR) is 173 cm³/mol. The number of hydrogen-bond acceptors (Lipinski definition) is 6. The zero-order valence-corrected chi connectivity index (χ0v) is 28.2. The van der Waals surface area contributed by atoms with Crippen molar-refractivity contribution >= 4 is 35.3 Å². The quantitative estimate of drug-likeness (QED) is 0.229. The highest BCUT2D eigenvalue weighted by atomic mass is 16.2. The van der Waals surface area contributed by atoms with Gasteiger partial charge in [-0.25, -0.2) is 4.79 Å². The summed E-state index contributed by atoms with van der Waals surface area (Å²) in [5.74, 6) is -2.66. The van der Waals surface area contributed by atoms with Gasteiger partial charge in [-0.05, 0) is 46.5 Å². The van der Waals surface area contributed by atoms with Gasteiger partial charge in [0.2, 0.25) is 17.6 Å². The maximum Gasteiger partial charge on any atom is 0.315 e. The van der Waals surface area contributed by atoms with Crippen LogP contribution in [0.3, 0.4) is 0 Å². The number of rotatable bonds is 14. The third-order valence-corrected chi connectivity index (χ3v) is 10.1. The average Bonchev–Trinajstić information content (AvgIpc) is 3.81. The number of amides is 5. The largest absolute Gasteiger partial charge is 0.363 e. The van der Waals surface area contributed by atoms with Gasteiger partial charge in [0.15, 0.2) is 0 Å². The summed E-state index contributed by atoms with van der Waals surface area (Å²) in [5.41, 5.74) is 5.30. The molecule has 1 heterocycles. The first kappa shape index (κ1) is 35.1. The lowest BCUT2D eigenvalue weighted by Gasteiger charge is -2.38. The Morgan fingerprint density at radius 1 is 0.978 bits per heavy atom. The second kappa shape index (κ2) is 13.5. The van der Waals surface area contributed by atoms with Gasteiger partial charge in [0.05, 0.1) is 6.04 Å². The number of Topliss-reactive ketones (excluding diaryl/α,β-unsaturated/α-hetero) is 2. The minimum Gasteiger partial charge on any atom is -0.363 e. The minimum absolute atomic E-state index is 0.00350. The molecule has 46 heavy (non-hydrogen) atoms. The zero-order valence-electron chi connectivity index (χ0n) is 28.2. The van der Waals surface area contributed by atoms with Crippen molar-refractivity contribution in [3.05, 3.63) is 35.9 Å². The molecule has 252 valence electrons. The highest BCUT2D eigenvalue weighted by Gasteiger charge is 2.70. The van der Waals surface area contributed by atoms with Crippen molar-refractivity contribution in [2.24, 2.45) is 40.2 Å². The predicted octanol–water partition coefficient (Wildman–Crippen LogP) is 2.75. The van der Waals surface area contributed by atoms with E-state index in [0.29, 0.717) is 13.0 Å². The Bertz CT molecular complexity index is 1350. The Balaban J connectivity index is 1.47. The number of ketones is 2. The number of primary amides is 1. The van der Waals surface area contributed by atoms with Crippen LogP contribution in [0.5, 0.6) is 0 Å². The summed E-state index contributed by atoms with van der Waals surface area (Å²) in [6.07, 6.45) is 2.59. The molecular weight excluding hydrogens is 586 g/mol. The lowest BCUT2D eigenvalue weighted by Crippen LogP contribution is -2.62. The Hall–Kier alpha value is -3.76. The van der Waals surface area contributed by atoms with Gasteiger partial charge in [-0.2, -0.15) is 0 Å². The van der Waals surface area contributed by atoms with Gasteiger partial charge in [-0.15, -0.1) is 0 Å². The van der Waals surface area contributed by atoms with Crippen LogP contribution >= 0.6 is 0 Å². The van der Waals surface area contributed by atoms with Gasteiger partial charge in [0.25, 0.3) is 5.91 Å². The number of hydrogen-bond donors (Lipinski definition) is 4. The number of nitrogens with one attached hydrogen (secondary N) is 3. The van der Waals surface area contributed by atoms with E-state index in [2.05, 4.69) is 29.8 Å². The number of benzene rings is 1. The first-order valence-electron chi connectivity index (χ1n) is 16.5. The number of likely N-dealkylation sites (tertiary alicyclic amines) is 1. The fourth-order valence-electron chi connectivity index (χ4n) is 6.91. The van der Waals surface area contributed by atoms with E-state index in [1.807, 2.05) is 65.0 Å². The molecule has 11 heteroatoms. The second-order valence-electron chi connectivity index (χ2n) is 15.5. The SMILES string of the molecule is CC(C)[C@@H](CC(=O)Cc1ccccc1)NC(=O)N[C@H](C(=O)N1CC2[C@@H]([C@H]1C(=O)NC(CC1CC1)C(=O)C(N)=O)C2(C)C)C(C)(C)C. The van der Waals surface area contributed by atoms with E-state index in [-0.39, 0.29) is 47.7 Å². The molecular formula is C35H51N5O6. The highest BCUT2D eigenvalue weighted by Crippen LogP contribution is 2.65. The number of nitrogens with two attached hydrogens (primary N) is 1. The number of carbonyl (C=O) groups is 6. The minimum atomic E-state index is -1.10. The van der Waals surface area contributed by atoms with Crippen LogP contribution in [-0.2, 0) is 30.4 Å². The molecule has 3 aliphatic rings. The topological polar surface area (TPSA) is 168 Å². The first-order valence-corrected chi connectivity index (χ1v) is 16.5. The molecule has 0 bridgehead atoms. The second-order valence-corrected chi connectivity index (χ2v) is 15.5. The molecule has 5 amide bonds. The molecule has 6 atom stereocenters. The van der Waals surface area contributed by atoms with E-state index in [0.717, 1.165) is 18.4 Å². The molecule has 11 nitrogen and oxygen atoms in total. The van der Waals surface area contributed by atoms with Crippen LogP contribution in [0, 0.1) is 34.5 Å². The molecule has 3 fully saturated rings. The summed E-state index contributed by atoms with van der Waals surface area (Å²) in [5, 5.41) is 8.55. The van der Waals surface area contributed by atoms with Crippen molar-refractivity contribution in [2.75, 3.05) is 6.54 Å². The molecule has 0 radical (unpaired) electrons. The van der Waals surface area contributed by atoms with Gasteiger partial charge in [-0.3, -0.25) is 24.0 Å². The molecule has 2 unspecified atom stereocenters. The van der Waals surface area contributed by atoms with E-state index < -0.39 is 59.1 Å². The summed E-state index contributed by atoms with van der Waals surface area (Å²) >= 11 is 0. The van der Waals surface area contributed by atoms with Crippen molar-refractivity contribution in [1.82, 2.24) is 20.9 Å². The van der Waals surface area contributed by atoms with Gasteiger partial charge in [-0.1, -0.05) is 91.6 Å². The number of carbonyl (C=O) groups excluding carboxylic acids is 6. The van der Waals surface area contributed by atoms with Crippen LogP contribution in [0.4, 0.5) is 4.79 Å². The third-order valence-electron chi connectivity index (χ3n) is 10.1. The lowest BCUT2D eigenvalue weighted by atomic mass is 9.85. The normalized spacial score (nSPS) is 23.5. The zero-order chi connectivity index (χ0) is 34.1. The molecule has 4 rings (SSSR count). The van der Waals surface area contributed by atoms with E-state index in [1.54, 1.807) is 0 Å². The van der Waals surface area contributed by atoms with Gasteiger partial charge in [0.1, 0.15) is 17.9 Å². The Morgan fingerprint density at radius 2 is 1.61 bits per heavy atom. The molecule has 1 aliphatic heterocycles. The smallest absolute Gasteiger partial charge is 0.315 e. The fraction of sp³-hybridized carbons (Fsp3) is 0.657. The van der Waals surface area contributed by atoms with E-state index in [4.69, 9.17) is 5.73 Å². The summed E-state index contributed by atoms with van der Waals surface area (Å²) in [7, 11) is 0. The number of piperidine rings is 1. The van der Waals surface area contributed by atoms with E-state index in [9.17, 15) is 28.8 Å². The molecule has 2 aliphatic carbocycles. The van der Waals surface area contributed by atoms with Crippen LogP contribution < -0.4 is 21.7 Å². The van der Waals surface area contributed by atoms with Crippen LogP contribution in [0.1, 0.15) is 79.7 Å². The van der Waals surface area contributed by atoms with Crippen LogP contribution in [0.25, 0.3) is 0 Å². The monoisotopic (exact) mass is 637 g/mol. The van der Waals surface area contributed by atoms with Crippen molar-refractivity contribution in [3.63, 3.8) is 0 Å². The Kier molecular flexibility index (Phi) is 10.3. The average molecular weight is 638 g/mol. The van der Waals surface area contributed by atoms with Crippen LogP contribution in [0.2, 0.25) is 0 Å². The van der Waals surface area contributed by atoms with Gasteiger partial charge >= 0.3 is 6.03 Å². The third kappa shape index (κ3) is 8.14. The Labute approximate surface area is 272 Å². The van der Waals surface area contributed by atoms with Crippen LogP contribution in [0.15, 0.2) is 30.3 Å². The first-order chi connectivity index (χ1) is 21.4. The lowest BCUT2D eigenvalue weighted by molar-refractivity contribution is -0.145. The van der Waals surface area contributed by atoms with Crippen molar-refractivity contribution < 1.29 is 28.8 Å². The van der Waals surface area contributed by atoms with Crippen molar-refractivity contribution in [1.29, 1.82) is 0 Å². The van der Waals surface area contributed by atoms with Gasteiger partial charge < -0.3 is 26.6 Å². The van der Waals surface area contributed by atoms with E-state index >= 15 is 0 Å². The number of nitrogens with zero attached hydrogens (tertiary/aromatic N) is 1.